The highest BCUT2D eigenvalue weighted by Crippen LogP contribution is 2.31. The summed E-state index contributed by atoms with van der Waals surface area (Å²) in [5, 5.41) is 12.6. The van der Waals surface area contributed by atoms with Crippen LogP contribution in [0.15, 0.2) is 24.4 Å². The Hall–Kier alpha value is -1.66. The molecule has 2 aromatic rings. The van der Waals surface area contributed by atoms with E-state index in [4.69, 9.17) is 9.84 Å². The first-order chi connectivity index (χ1) is 11.8. The SMILES string of the molecule is CC(C)(Cc1c[nH]c2cc(OCC3CC3)ccc12)NCC(F)(F)CO. The van der Waals surface area contributed by atoms with Crippen molar-refractivity contribution in [3.8, 4) is 5.75 Å². The van der Waals surface area contributed by atoms with Crippen LogP contribution in [0.2, 0.25) is 0 Å². The topological polar surface area (TPSA) is 57.3 Å². The fourth-order valence-electron chi connectivity index (χ4n) is 2.86. The van der Waals surface area contributed by atoms with E-state index in [0.717, 1.165) is 28.8 Å². The third-order valence-corrected chi connectivity index (χ3v) is 4.61. The molecule has 0 aliphatic heterocycles. The van der Waals surface area contributed by atoms with Crippen molar-refractivity contribution >= 4 is 10.9 Å². The van der Waals surface area contributed by atoms with Crippen LogP contribution in [0.5, 0.6) is 5.75 Å². The molecular formula is C19H26F2N2O2. The number of aliphatic hydroxyl groups excluding tert-OH is 1. The molecule has 0 spiro atoms. The quantitative estimate of drug-likeness (QED) is 0.647. The Morgan fingerprint density at radius 1 is 1.32 bits per heavy atom. The van der Waals surface area contributed by atoms with Crippen LogP contribution in [0.25, 0.3) is 10.9 Å². The van der Waals surface area contributed by atoms with E-state index < -0.39 is 24.6 Å². The lowest BCUT2D eigenvalue weighted by atomic mass is 9.94. The Morgan fingerprint density at radius 2 is 2.08 bits per heavy atom. The van der Waals surface area contributed by atoms with Crippen LogP contribution in [0.3, 0.4) is 0 Å². The van der Waals surface area contributed by atoms with Crippen molar-refractivity contribution in [3.63, 3.8) is 0 Å². The number of aliphatic hydroxyl groups is 1. The van der Waals surface area contributed by atoms with Gasteiger partial charge in [-0.25, -0.2) is 8.78 Å². The Morgan fingerprint density at radius 3 is 2.76 bits per heavy atom. The number of nitrogens with one attached hydrogen (secondary N) is 2. The van der Waals surface area contributed by atoms with Gasteiger partial charge in [0.1, 0.15) is 12.4 Å². The third kappa shape index (κ3) is 4.92. The maximum Gasteiger partial charge on any atom is 0.282 e. The van der Waals surface area contributed by atoms with Crippen LogP contribution in [0.1, 0.15) is 32.3 Å². The van der Waals surface area contributed by atoms with Crippen LogP contribution in [-0.2, 0) is 6.42 Å². The molecule has 1 aliphatic rings. The summed E-state index contributed by atoms with van der Waals surface area (Å²) in [4.78, 5) is 3.24. The predicted octanol–water partition coefficient (Wildman–Crippen LogP) is 3.50. The summed E-state index contributed by atoms with van der Waals surface area (Å²) in [7, 11) is 0. The fraction of sp³-hybridized carbons (Fsp3) is 0.579. The van der Waals surface area contributed by atoms with Crippen LogP contribution in [0.4, 0.5) is 8.78 Å². The van der Waals surface area contributed by atoms with E-state index >= 15 is 0 Å². The van der Waals surface area contributed by atoms with Crippen molar-refractivity contribution in [3.05, 3.63) is 30.0 Å². The fourth-order valence-corrected chi connectivity index (χ4v) is 2.86. The van der Waals surface area contributed by atoms with Gasteiger partial charge in [0.25, 0.3) is 5.92 Å². The number of halogens is 2. The molecule has 1 heterocycles. The number of ether oxygens (including phenoxy) is 1. The van der Waals surface area contributed by atoms with Crippen LogP contribution < -0.4 is 10.1 Å². The second-order valence-electron chi connectivity index (χ2n) is 7.70. The lowest BCUT2D eigenvalue weighted by Crippen LogP contribution is -2.48. The van der Waals surface area contributed by atoms with Gasteiger partial charge in [0.2, 0.25) is 0 Å². The minimum absolute atomic E-state index is 0.519. The molecule has 1 aromatic carbocycles. The molecule has 1 aliphatic carbocycles. The summed E-state index contributed by atoms with van der Waals surface area (Å²) in [6, 6.07) is 5.96. The molecule has 1 aromatic heterocycles. The average molecular weight is 352 g/mol. The van der Waals surface area contributed by atoms with Gasteiger partial charge in [-0.2, -0.15) is 0 Å². The van der Waals surface area contributed by atoms with E-state index in [1.165, 1.54) is 12.8 Å². The minimum Gasteiger partial charge on any atom is -0.493 e. The van der Waals surface area contributed by atoms with E-state index in [9.17, 15) is 8.78 Å². The smallest absolute Gasteiger partial charge is 0.282 e. The zero-order valence-corrected chi connectivity index (χ0v) is 14.7. The normalized spacial score (nSPS) is 15.7. The Kier molecular flexibility index (Phi) is 5.02. The first-order valence-electron chi connectivity index (χ1n) is 8.74. The molecule has 1 fully saturated rings. The zero-order valence-electron chi connectivity index (χ0n) is 14.7. The van der Waals surface area contributed by atoms with Gasteiger partial charge in [-0.3, -0.25) is 0 Å². The van der Waals surface area contributed by atoms with Crippen molar-refractivity contribution < 1.29 is 18.6 Å². The summed E-state index contributed by atoms with van der Waals surface area (Å²) in [6.45, 7) is 2.85. The van der Waals surface area contributed by atoms with Crippen LogP contribution in [-0.4, -0.2) is 41.3 Å². The Balaban J connectivity index is 1.66. The van der Waals surface area contributed by atoms with E-state index in [1.807, 2.05) is 38.2 Å². The van der Waals surface area contributed by atoms with Gasteiger partial charge >= 0.3 is 0 Å². The monoisotopic (exact) mass is 352 g/mol. The number of alkyl halides is 2. The maximum atomic E-state index is 13.3. The number of H-pyrrole nitrogens is 1. The molecule has 0 unspecified atom stereocenters. The van der Waals surface area contributed by atoms with Crippen molar-refractivity contribution in [1.29, 1.82) is 0 Å². The van der Waals surface area contributed by atoms with Gasteiger partial charge in [-0.1, -0.05) is 0 Å². The van der Waals surface area contributed by atoms with Gasteiger partial charge in [0.15, 0.2) is 0 Å². The Bertz CT molecular complexity index is 723. The number of hydrogen-bond donors (Lipinski definition) is 3. The summed E-state index contributed by atoms with van der Waals surface area (Å²) in [5.74, 6) is -1.54. The van der Waals surface area contributed by atoms with Gasteiger partial charge in [-0.15, -0.1) is 0 Å². The molecule has 25 heavy (non-hydrogen) atoms. The molecule has 0 amide bonds. The molecular weight excluding hydrogens is 326 g/mol. The van der Waals surface area contributed by atoms with Gasteiger partial charge in [0, 0.05) is 28.7 Å². The number of aromatic nitrogens is 1. The Labute approximate surface area is 146 Å². The molecule has 138 valence electrons. The molecule has 1 saturated carbocycles. The summed E-state index contributed by atoms with van der Waals surface area (Å²) in [6.07, 6.45) is 5.03. The van der Waals surface area contributed by atoms with Gasteiger partial charge in [0.05, 0.1) is 13.2 Å². The van der Waals surface area contributed by atoms with Crippen molar-refractivity contribution in [1.82, 2.24) is 10.3 Å². The second-order valence-corrected chi connectivity index (χ2v) is 7.70. The van der Waals surface area contributed by atoms with Crippen LogP contribution >= 0.6 is 0 Å². The average Bonchev–Trinajstić information content (AvgIpc) is 3.33. The maximum absolute atomic E-state index is 13.3. The molecule has 0 bridgehead atoms. The van der Waals surface area contributed by atoms with Crippen molar-refractivity contribution in [2.24, 2.45) is 5.92 Å². The molecule has 3 rings (SSSR count). The highest BCUT2D eigenvalue weighted by Gasteiger charge is 2.31. The lowest BCUT2D eigenvalue weighted by molar-refractivity contribution is -0.0517. The standard InChI is InChI=1S/C19H26F2N2O2/c1-18(2,23-11-19(20,21)12-24)8-14-9-22-17-7-15(5-6-16(14)17)25-10-13-3-4-13/h5-7,9,13,22-24H,3-4,8,10-12H2,1-2H3. The molecule has 0 radical (unpaired) electrons. The first kappa shape index (κ1) is 18.1. The van der Waals surface area contributed by atoms with Crippen LogP contribution in [0, 0.1) is 5.92 Å². The number of benzene rings is 1. The zero-order chi connectivity index (χ0) is 18.1. The number of hydrogen-bond acceptors (Lipinski definition) is 3. The minimum atomic E-state index is -3.11. The largest absolute Gasteiger partial charge is 0.493 e. The van der Waals surface area contributed by atoms with E-state index in [-0.39, 0.29) is 0 Å². The molecule has 4 nitrogen and oxygen atoms in total. The highest BCUT2D eigenvalue weighted by molar-refractivity contribution is 5.84. The van der Waals surface area contributed by atoms with E-state index in [0.29, 0.717) is 12.3 Å². The molecule has 0 atom stereocenters. The molecule has 0 saturated heterocycles. The molecule has 6 heteroatoms. The molecule has 3 N–H and O–H groups in total. The summed E-state index contributed by atoms with van der Waals surface area (Å²) in [5.41, 5.74) is 1.53. The number of rotatable bonds is 9. The number of fused-ring (bicyclic) bond motifs is 1. The van der Waals surface area contributed by atoms with Crippen molar-refractivity contribution in [2.75, 3.05) is 19.8 Å². The third-order valence-electron chi connectivity index (χ3n) is 4.61. The van der Waals surface area contributed by atoms with Gasteiger partial charge in [-0.05, 0) is 56.7 Å². The summed E-state index contributed by atoms with van der Waals surface area (Å²) < 4.78 is 32.3. The van der Waals surface area contributed by atoms with Gasteiger partial charge < -0.3 is 20.1 Å². The summed E-state index contributed by atoms with van der Waals surface area (Å²) >= 11 is 0. The van der Waals surface area contributed by atoms with E-state index in [2.05, 4.69) is 10.3 Å². The second kappa shape index (κ2) is 6.92. The number of aromatic amines is 1. The lowest BCUT2D eigenvalue weighted by Gasteiger charge is -2.28. The predicted molar refractivity (Wildman–Crippen MR) is 94.3 cm³/mol. The highest BCUT2D eigenvalue weighted by atomic mass is 19.3. The van der Waals surface area contributed by atoms with E-state index in [1.54, 1.807) is 0 Å². The van der Waals surface area contributed by atoms with Crippen molar-refractivity contribution in [2.45, 2.75) is 44.6 Å². The first-order valence-corrected chi connectivity index (χ1v) is 8.74.